The maximum atomic E-state index is 6.40. The molecule has 1 aliphatic carbocycles. The first-order valence-corrected chi connectivity index (χ1v) is 9.36. The molecule has 0 spiro atoms. The Kier molecular flexibility index (Phi) is 3.47. The van der Waals surface area contributed by atoms with E-state index in [4.69, 9.17) is 9.57 Å². The molecule has 3 aliphatic heterocycles. The van der Waals surface area contributed by atoms with Crippen molar-refractivity contribution in [3.05, 3.63) is 47.2 Å². The van der Waals surface area contributed by atoms with Crippen LogP contribution in [0.1, 0.15) is 30.7 Å². The maximum Gasteiger partial charge on any atom is 0.104 e. The van der Waals surface area contributed by atoms with Gasteiger partial charge < -0.3 is 9.57 Å². The molecule has 4 atom stereocenters. The fraction of sp³-hybridized carbons (Fsp3) is 0.524. The number of nitrogens with zero attached hydrogens (tertiary/aromatic N) is 2. The predicted molar refractivity (Wildman–Crippen MR) is 98.6 cm³/mol. The summed E-state index contributed by atoms with van der Waals surface area (Å²) in [6.07, 6.45) is 4.62. The van der Waals surface area contributed by atoms with Crippen LogP contribution in [0.3, 0.4) is 0 Å². The number of hydrogen-bond acceptors (Lipinski definition) is 3. The Balaban J connectivity index is 1.75. The number of allylic oxidation sites excluding steroid dienone is 1. The highest BCUT2D eigenvalue weighted by molar-refractivity contribution is 5.85. The lowest BCUT2D eigenvalue weighted by Crippen LogP contribution is -2.54. The van der Waals surface area contributed by atoms with Crippen molar-refractivity contribution in [3.63, 3.8) is 0 Å². The quantitative estimate of drug-likeness (QED) is 0.747. The molecule has 2 aromatic rings. The number of para-hydroxylation sites is 1. The van der Waals surface area contributed by atoms with E-state index in [2.05, 4.69) is 49.2 Å². The van der Waals surface area contributed by atoms with Crippen LogP contribution >= 0.6 is 0 Å². The number of likely N-dealkylation sites (tertiary alicyclic amines) is 1. The largest absolute Gasteiger partial charge is 0.417 e. The van der Waals surface area contributed by atoms with E-state index in [-0.39, 0.29) is 6.10 Å². The number of fused-ring (bicyclic) bond motifs is 2. The van der Waals surface area contributed by atoms with Gasteiger partial charge in [0.2, 0.25) is 0 Å². The molecule has 4 bridgehead atoms. The van der Waals surface area contributed by atoms with Gasteiger partial charge in [-0.3, -0.25) is 4.90 Å². The minimum Gasteiger partial charge on any atom is -0.417 e. The van der Waals surface area contributed by atoms with E-state index in [0.717, 1.165) is 31.5 Å². The van der Waals surface area contributed by atoms with E-state index in [1.807, 2.05) is 4.73 Å². The highest BCUT2D eigenvalue weighted by atomic mass is 16.6. The third-order valence-corrected chi connectivity index (χ3v) is 6.69. The number of likely N-dealkylation sites (N-methyl/N-ethyl adjacent to an activating group) is 1. The first-order chi connectivity index (χ1) is 12.2. The van der Waals surface area contributed by atoms with Crippen molar-refractivity contribution in [1.29, 1.82) is 0 Å². The van der Waals surface area contributed by atoms with Crippen LogP contribution in [-0.4, -0.2) is 43.0 Å². The van der Waals surface area contributed by atoms with Gasteiger partial charge in [0.15, 0.2) is 0 Å². The molecule has 1 aromatic heterocycles. The van der Waals surface area contributed by atoms with Crippen molar-refractivity contribution < 1.29 is 9.57 Å². The standard InChI is InChI=1S/C21H26N2O2/c1-4-13-11-22(2)19-9-16-14-7-5-6-8-18(14)23(24-3)21(16)20-10-15(13)17(19)12-25-20/h4-8,15,17,19-20H,9-12H2,1-3H3/b13-4+/t15-,17?,19+,20+/m1/s1. The molecule has 1 aromatic carbocycles. The molecular formula is C21H26N2O2. The molecular weight excluding hydrogens is 312 g/mol. The average molecular weight is 338 g/mol. The molecule has 0 N–H and O–H groups in total. The van der Waals surface area contributed by atoms with Gasteiger partial charge in [0.25, 0.3) is 0 Å². The summed E-state index contributed by atoms with van der Waals surface area (Å²) in [4.78, 5) is 8.36. The summed E-state index contributed by atoms with van der Waals surface area (Å²) in [5.41, 5.74) is 5.40. The molecule has 4 aliphatic rings. The third-order valence-electron chi connectivity index (χ3n) is 6.69. The molecule has 2 fully saturated rings. The number of aromatic nitrogens is 1. The van der Waals surface area contributed by atoms with Gasteiger partial charge in [0, 0.05) is 23.9 Å². The van der Waals surface area contributed by atoms with Crippen LogP contribution in [0.4, 0.5) is 0 Å². The van der Waals surface area contributed by atoms with Crippen molar-refractivity contribution in [2.45, 2.75) is 31.9 Å². The van der Waals surface area contributed by atoms with Crippen LogP contribution in [0.2, 0.25) is 0 Å². The molecule has 1 unspecified atom stereocenters. The topological polar surface area (TPSA) is 26.6 Å². The molecule has 0 radical (unpaired) electrons. The van der Waals surface area contributed by atoms with Crippen LogP contribution in [0.5, 0.6) is 0 Å². The molecule has 25 heavy (non-hydrogen) atoms. The van der Waals surface area contributed by atoms with Gasteiger partial charge in [-0.2, -0.15) is 4.73 Å². The average Bonchev–Trinajstić information content (AvgIpc) is 2.94. The van der Waals surface area contributed by atoms with Crippen molar-refractivity contribution in [3.8, 4) is 0 Å². The summed E-state index contributed by atoms with van der Waals surface area (Å²) in [5.74, 6) is 1.24. The van der Waals surface area contributed by atoms with Crippen LogP contribution < -0.4 is 4.84 Å². The Morgan fingerprint density at radius 2 is 2.12 bits per heavy atom. The number of ether oxygens (including phenoxy) is 1. The minimum absolute atomic E-state index is 0.128. The highest BCUT2D eigenvalue weighted by Crippen LogP contribution is 2.49. The highest BCUT2D eigenvalue weighted by Gasteiger charge is 2.47. The molecule has 2 saturated heterocycles. The van der Waals surface area contributed by atoms with E-state index in [0.29, 0.717) is 17.9 Å². The molecule has 4 nitrogen and oxygen atoms in total. The smallest absolute Gasteiger partial charge is 0.104 e. The van der Waals surface area contributed by atoms with Gasteiger partial charge in [-0.25, -0.2) is 0 Å². The van der Waals surface area contributed by atoms with Gasteiger partial charge in [-0.15, -0.1) is 0 Å². The van der Waals surface area contributed by atoms with E-state index < -0.39 is 0 Å². The Bertz CT molecular complexity index is 853. The zero-order chi connectivity index (χ0) is 17.1. The van der Waals surface area contributed by atoms with Crippen molar-refractivity contribution in [1.82, 2.24) is 9.63 Å². The Labute approximate surface area is 149 Å². The van der Waals surface area contributed by atoms with Crippen LogP contribution in [-0.2, 0) is 11.2 Å². The van der Waals surface area contributed by atoms with E-state index >= 15 is 0 Å². The first-order valence-electron chi connectivity index (χ1n) is 9.36. The molecule has 4 heteroatoms. The fourth-order valence-corrected chi connectivity index (χ4v) is 5.52. The lowest BCUT2D eigenvalue weighted by molar-refractivity contribution is -0.0887. The first kappa shape index (κ1) is 15.5. The maximum absolute atomic E-state index is 6.40. The molecule has 132 valence electrons. The summed E-state index contributed by atoms with van der Waals surface area (Å²) in [7, 11) is 4.04. The Hall–Kier alpha value is -1.78. The Morgan fingerprint density at radius 1 is 1.28 bits per heavy atom. The predicted octanol–water partition coefficient (Wildman–Crippen LogP) is 3.21. The van der Waals surface area contributed by atoms with Crippen LogP contribution in [0.15, 0.2) is 35.9 Å². The third kappa shape index (κ3) is 2.07. The molecule has 6 rings (SSSR count). The monoisotopic (exact) mass is 338 g/mol. The summed E-state index contributed by atoms with van der Waals surface area (Å²) in [5, 5.41) is 1.32. The number of rotatable bonds is 1. The van der Waals surface area contributed by atoms with Gasteiger partial charge in [0.05, 0.1) is 17.8 Å². The lowest BCUT2D eigenvalue weighted by atomic mass is 9.69. The summed E-state index contributed by atoms with van der Waals surface area (Å²) < 4.78 is 8.42. The SMILES string of the molecule is C/C=C1\CN(C)[C@H]2Cc3c(n(OC)c4ccccc34)[C@@H]3C[C@H]1C2CO3. The van der Waals surface area contributed by atoms with Crippen molar-refractivity contribution >= 4 is 10.9 Å². The van der Waals surface area contributed by atoms with Gasteiger partial charge >= 0.3 is 0 Å². The number of piperidine rings is 1. The minimum atomic E-state index is 0.128. The second kappa shape index (κ2) is 5.61. The van der Waals surface area contributed by atoms with E-state index in [1.165, 1.54) is 16.6 Å². The number of hydrogen-bond donors (Lipinski definition) is 0. The van der Waals surface area contributed by atoms with Crippen molar-refractivity contribution in [2.24, 2.45) is 11.8 Å². The fourth-order valence-electron chi connectivity index (χ4n) is 5.52. The van der Waals surface area contributed by atoms with Gasteiger partial charge in [0.1, 0.15) is 13.2 Å². The summed E-state index contributed by atoms with van der Waals surface area (Å²) in [6, 6.07) is 9.14. The van der Waals surface area contributed by atoms with Crippen molar-refractivity contribution in [2.75, 3.05) is 27.3 Å². The summed E-state index contributed by atoms with van der Waals surface area (Å²) in [6.45, 7) is 4.13. The summed E-state index contributed by atoms with van der Waals surface area (Å²) >= 11 is 0. The normalized spacial score (nSPS) is 33.3. The van der Waals surface area contributed by atoms with Gasteiger partial charge in [-0.05, 0) is 44.4 Å². The number of benzene rings is 1. The zero-order valence-corrected chi connectivity index (χ0v) is 15.2. The zero-order valence-electron chi connectivity index (χ0n) is 15.2. The lowest BCUT2D eigenvalue weighted by Gasteiger charge is -2.51. The molecule has 4 heterocycles. The second-order valence-corrected chi connectivity index (χ2v) is 7.74. The molecule has 0 saturated carbocycles. The van der Waals surface area contributed by atoms with E-state index in [1.54, 1.807) is 12.7 Å². The molecule has 0 amide bonds. The Morgan fingerprint density at radius 3 is 2.92 bits per heavy atom. The van der Waals surface area contributed by atoms with E-state index in [9.17, 15) is 0 Å². The van der Waals surface area contributed by atoms with Crippen LogP contribution in [0, 0.1) is 11.8 Å². The van der Waals surface area contributed by atoms with Gasteiger partial charge in [-0.1, -0.05) is 29.8 Å². The second-order valence-electron chi connectivity index (χ2n) is 7.74. The van der Waals surface area contributed by atoms with Crippen LogP contribution in [0.25, 0.3) is 10.9 Å².